The molecule has 0 radical (unpaired) electrons. The van der Waals surface area contributed by atoms with Crippen LogP contribution in [-0.2, 0) is 22.6 Å². The molecule has 2 N–H and O–H groups in total. The van der Waals surface area contributed by atoms with E-state index in [2.05, 4.69) is 30.7 Å². The highest BCUT2D eigenvalue weighted by Crippen LogP contribution is 2.26. The van der Waals surface area contributed by atoms with Crippen LogP contribution in [0.4, 0.5) is 5.13 Å². The Kier molecular flexibility index (Phi) is 6.13. The average molecular weight is 438 g/mol. The van der Waals surface area contributed by atoms with Crippen molar-refractivity contribution < 1.29 is 18.5 Å². The summed E-state index contributed by atoms with van der Waals surface area (Å²) in [5, 5.41) is 11.6. The van der Waals surface area contributed by atoms with Crippen molar-refractivity contribution in [3.63, 3.8) is 0 Å². The maximum absolute atomic E-state index is 12.3. The molecule has 4 rings (SSSR count). The van der Waals surface area contributed by atoms with Crippen molar-refractivity contribution in [2.75, 3.05) is 5.32 Å². The van der Waals surface area contributed by atoms with Gasteiger partial charge in [-0.3, -0.25) is 14.6 Å². The lowest BCUT2D eigenvalue weighted by molar-refractivity contribution is -0.119. The largest absolute Gasteiger partial charge is 0.458 e. The number of thiazole rings is 1. The van der Waals surface area contributed by atoms with Crippen molar-refractivity contribution in [3.05, 3.63) is 53.7 Å². The molecule has 4 aromatic heterocycles. The van der Waals surface area contributed by atoms with Crippen molar-refractivity contribution >= 4 is 28.3 Å². The van der Waals surface area contributed by atoms with Crippen LogP contribution in [-0.4, -0.2) is 31.9 Å². The number of furan rings is 1. The number of carbonyl (C=O) groups is 2. The normalized spacial score (nSPS) is 10.7. The molecule has 4 heterocycles. The van der Waals surface area contributed by atoms with Gasteiger partial charge in [-0.25, -0.2) is 4.98 Å². The number of pyridine rings is 1. The number of aromatic nitrogens is 4. The van der Waals surface area contributed by atoms with Crippen LogP contribution in [0.3, 0.4) is 0 Å². The van der Waals surface area contributed by atoms with E-state index in [-0.39, 0.29) is 18.2 Å². The molecule has 0 aliphatic carbocycles. The van der Waals surface area contributed by atoms with E-state index in [0.29, 0.717) is 47.0 Å². The number of carbonyl (C=O) groups excluding carboxylic acids is 2. The summed E-state index contributed by atoms with van der Waals surface area (Å²) in [5.74, 6) is 1.67. The summed E-state index contributed by atoms with van der Waals surface area (Å²) in [5.41, 5.74) is 1.40. The van der Waals surface area contributed by atoms with Crippen LogP contribution in [0.2, 0.25) is 0 Å². The molecule has 0 fully saturated rings. The van der Waals surface area contributed by atoms with Crippen LogP contribution in [0.5, 0.6) is 0 Å². The van der Waals surface area contributed by atoms with Gasteiger partial charge in [-0.2, -0.15) is 4.98 Å². The first kappa shape index (κ1) is 20.4. The molecule has 10 nitrogen and oxygen atoms in total. The number of nitrogens with one attached hydrogen (secondary N) is 2. The fourth-order valence-corrected chi connectivity index (χ4v) is 3.36. The Morgan fingerprint density at radius 2 is 1.97 bits per heavy atom. The van der Waals surface area contributed by atoms with E-state index >= 15 is 0 Å². The molecule has 0 aromatic carbocycles. The summed E-state index contributed by atoms with van der Waals surface area (Å²) >= 11 is 1.29. The third-order valence-corrected chi connectivity index (χ3v) is 4.91. The van der Waals surface area contributed by atoms with E-state index in [4.69, 9.17) is 8.94 Å². The third kappa shape index (κ3) is 5.39. The van der Waals surface area contributed by atoms with Gasteiger partial charge in [0, 0.05) is 43.1 Å². The predicted molar refractivity (Wildman–Crippen MR) is 112 cm³/mol. The first-order chi connectivity index (χ1) is 15.1. The topological polar surface area (TPSA) is 136 Å². The molecular formula is C20H18N6O4S. The Labute approximate surface area is 180 Å². The summed E-state index contributed by atoms with van der Waals surface area (Å²) in [7, 11) is 0. The van der Waals surface area contributed by atoms with Crippen molar-refractivity contribution in [1.29, 1.82) is 0 Å². The molecule has 0 atom stereocenters. The fraction of sp³-hybridized carbons (Fsp3) is 0.200. The van der Waals surface area contributed by atoms with Gasteiger partial charge in [-0.1, -0.05) is 5.16 Å². The highest BCUT2D eigenvalue weighted by molar-refractivity contribution is 7.14. The molecule has 0 aliphatic rings. The predicted octanol–water partition coefficient (Wildman–Crippen LogP) is 3.06. The maximum atomic E-state index is 12.3. The lowest BCUT2D eigenvalue weighted by Crippen LogP contribution is -2.18. The van der Waals surface area contributed by atoms with Crippen LogP contribution in [0.25, 0.3) is 22.8 Å². The number of hydrogen-bond acceptors (Lipinski definition) is 9. The van der Waals surface area contributed by atoms with E-state index in [1.165, 1.54) is 18.3 Å². The second-order valence-electron chi connectivity index (χ2n) is 6.51. The smallest absolute Gasteiger partial charge is 0.227 e. The molecule has 31 heavy (non-hydrogen) atoms. The zero-order valence-corrected chi connectivity index (χ0v) is 17.3. The summed E-state index contributed by atoms with van der Waals surface area (Å²) in [6, 6.07) is 7.10. The lowest BCUT2D eigenvalue weighted by atomic mass is 10.2. The summed E-state index contributed by atoms with van der Waals surface area (Å²) < 4.78 is 10.9. The molecule has 0 bridgehead atoms. The number of amides is 2. The van der Waals surface area contributed by atoms with Gasteiger partial charge in [0.25, 0.3) is 0 Å². The molecule has 0 spiro atoms. The van der Waals surface area contributed by atoms with Crippen molar-refractivity contribution in [3.8, 4) is 22.8 Å². The van der Waals surface area contributed by atoms with E-state index in [9.17, 15) is 9.59 Å². The summed E-state index contributed by atoms with van der Waals surface area (Å²) in [6.45, 7) is 1.75. The molecule has 0 unspecified atom stereocenters. The van der Waals surface area contributed by atoms with E-state index in [1.54, 1.807) is 42.0 Å². The lowest BCUT2D eigenvalue weighted by Gasteiger charge is -1.99. The number of nitrogens with zero attached hydrogens (tertiary/aromatic N) is 4. The minimum absolute atomic E-state index is 0.134. The minimum atomic E-state index is -0.213. The van der Waals surface area contributed by atoms with Crippen LogP contribution in [0, 0.1) is 0 Å². The monoisotopic (exact) mass is 438 g/mol. The quantitative estimate of drug-likeness (QED) is 0.428. The van der Waals surface area contributed by atoms with Crippen molar-refractivity contribution in [2.24, 2.45) is 0 Å². The van der Waals surface area contributed by atoms with Gasteiger partial charge in [0.15, 0.2) is 10.9 Å². The molecule has 0 saturated carbocycles. The zero-order chi connectivity index (χ0) is 21.6. The van der Waals surface area contributed by atoms with Crippen LogP contribution < -0.4 is 10.6 Å². The van der Waals surface area contributed by atoms with Gasteiger partial charge in [-0.15, -0.1) is 11.3 Å². The molecule has 4 aromatic rings. The van der Waals surface area contributed by atoms with Gasteiger partial charge in [0.05, 0.1) is 6.54 Å². The maximum Gasteiger partial charge on any atom is 0.227 e. The minimum Gasteiger partial charge on any atom is -0.458 e. The third-order valence-electron chi connectivity index (χ3n) is 4.15. The van der Waals surface area contributed by atoms with Gasteiger partial charge in [0.1, 0.15) is 11.5 Å². The fourth-order valence-electron chi connectivity index (χ4n) is 2.64. The summed E-state index contributed by atoms with van der Waals surface area (Å²) in [6.07, 6.45) is 3.78. The van der Waals surface area contributed by atoms with Gasteiger partial charge in [0.2, 0.25) is 23.5 Å². The Bertz CT molecular complexity index is 1180. The average Bonchev–Trinajstić information content (AvgIpc) is 3.52. The molecule has 0 saturated heterocycles. The first-order valence-electron chi connectivity index (χ1n) is 9.39. The highest BCUT2D eigenvalue weighted by atomic mass is 32.1. The molecule has 2 amide bonds. The van der Waals surface area contributed by atoms with Crippen LogP contribution in [0.15, 0.2) is 51.0 Å². The highest BCUT2D eigenvalue weighted by Gasteiger charge is 2.14. The van der Waals surface area contributed by atoms with E-state index in [0.717, 1.165) is 5.56 Å². The van der Waals surface area contributed by atoms with Crippen LogP contribution >= 0.6 is 11.3 Å². The molecule has 0 aliphatic heterocycles. The molecular weight excluding hydrogens is 420 g/mol. The molecule has 11 heteroatoms. The van der Waals surface area contributed by atoms with E-state index in [1.807, 2.05) is 0 Å². The Balaban J connectivity index is 1.29. The van der Waals surface area contributed by atoms with Crippen molar-refractivity contribution in [2.45, 2.75) is 26.3 Å². The zero-order valence-electron chi connectivity index (χ0n) is 16.5. The number of hydrogen-bond donors (Lipinski definition) is 2. The number of anilines is 1. The number of rotatable bonds is 8. The number of aryl methyl sites for hydroxylation is 1. The van der Waals surface area contributed by atoms with Gasteiger partial charge < -0.3 is 19.6 Å². The van der Waals surface area contributed by atoms with Gasteiger partial charge >= 0.3 is 0 Å². The SMILES string of the molecule is CC(=O)NCc1ccc(-c2csc(NC(=O)CCc3nc(-c4ccncc4)no3)n2)o1. The van der Waals surface area contributed by atoms with Gasteiger partial charge in [-0.05, 0) is 24.3 Å². The van der Waals surface area contributed by atoms with Crippen LogP contribution in [0.1, 0.15) is 25.0 Å². The van der Waals surface area contributed by atoms with Crippen molar-refractivity contribution in [1.82, 2.24) is 25.4 Å². The molecule has 158 valence electrons. The second-order valence-corrected chi connectivity index (χ2v) is 7.37. The first-order valence-corrected chi connectivity index (χ1v) is 10.3. The second kappa shape index (κ2) is 9.30. The van der Waals surface area contributed by atoms with E-state index < -0.39 is 0 Å². The Morgan fingerprint density at radius 3 is 2.77 bits per heavy atom. The Hall–Kier alpha value is -3.86. The standard InChI is InChI=1S/C20H18N6O4S/c1-12(27)22-10-14-2-3-16(29-14)15-11-31-20(23-15)24-17(28)4-5-18-25-19(26-30-18)13-6-8-21-9-7-13/h2-3,6-9,11H,4-5,10H2,1H3,(H,22,27)(H,23,24,28). The summed E-state index contributed by atoms with van der Waals surface area (Å²) in [4.78, 5) is 35.9. The Morgan fingerprint density at radius 1 is 1.13 bits per heavy atom.